The Hall–Kier alpha value is -2.53. The van der Waals surface area contributed by atoms with Gasteiger partial charge >= 0.3 is 5.97 Å². The number of rotatable bonds is 10. The summed E-state index contributed by atoms with van der Waals surface area (Å²) in [5.41, 5.74) is 0.127. The highest BCUT2D eigenvalue weighted by molar-refractivity contribution is 7.99. The van der Waals surface area contributed by atoms with Crippen molar-refractivity contribution >= 4 is 40.2 Å². The smallest absolute Gasteiger partial charge is 0.309 e. The van der Waals surface area contributed by atoms with E-state index in [1.54, 1.807) is 18.2 Å². The normalized spacial score (nSPS) is 16.5. The number of ether oxygens (including phenoxy) is 1. The van der Waals surface area contributed by atoms with Crippen molar-refractivity contribution in [2.45, 2.75) is 36.7 Å². The van der Waals surface area contributed by atoms with Crippen LogP contribution in [-0.4, -0.2) is 58.6 Å². The number of hydrogen-bond donors (Lipinski definition) is 2. The number of methoxy groups -OCH3 is 1. The highest BCUT2D eigenvalue weighted by atomic mass is 35.5. The summed E-state index contributed by atoms with van der Waals surface area (Å²) >= 11 is 7.36. The van der Waals surface area contributed by atoms with Crippen molar-refractivity contribution in [2.75, 3.05) is 32.5 Å². The molecule has 2 N–H and O–H groups in total. The molecule has 0 unspecified atom stereocenters. The summed E-state index contributed by atoms with van der Waals surface area (Å²) in [6.45, 7) is 1.49. The number of hydrogen-bond acceptors (Lipinski definition) is 6. The Labute approximate surface area is 227 Å². The van der Waals surface area contributed by atoms with Gasteiger partial charge in [0.05, 0.1) is 34.1 Å². The van der Waals surface area contributed by atoms with Gasteiger partial charge < -0.3 is 19.8 Å². The number of aliphatic hydroxyl groups excluding tert-OH is 1. The van der Waals surface area contributed by atoms with Crippen LogP contribution in [0.1, 0.15) is 37.4 Å². The number of pyridine rings is 1. The Kier molecular flexibility index (Phi) is 9.07. The lowest BCUT2D eigenvalue weighted by Crippen LogP contribution is -2.45. The lowest BCUT2D eigenvalue weighted by Gasteiger charge is -2.39. The fraction of sp³-hybridized carbons (Fsp3) is 0.407. The summed E-state index contributed by atoms with van der Waals surface area (Å²) in [7, 11) is 1.54. The SMILES string of the molecule is COc1ccc2ncc(Cl)c([C@H](O)CCC3(C(=O)O)CCN(CCSc4c(F)cc(F)cc4F)CC3)c2c1. The Bertz CT molecular complexity index is 1300. The summed E-state index contributed by atoms with van der Waals surface area (Å²) in [5.74, 6) is -2.79. The fourth-order valence-corrected chi connectivity index (χ4v) is 6.13. The molecule has 1 atom stereocenters. The number of piperidine rings is 1. The number of benzene rings is 2. The van der Waals surface area contributed by atoms with Crippen LogP contribution in [0.15, 0.2) is 41.4 Å². The zero-order chi connectivity index (χ0) is 27.4. The van der Waals surface area contributed by atoms with Gasteiger partial charge in [-0.05, 0) is 57.0 Å². The van der Waals surface area contributed by atoms with Crippen LogP contribution in [-0.2, 0) is 4.79 Å². The maximum Gasteiger partial charge on any atom is 0.309 e. The molecule has 11 heteroatoms. The van der Waals surface area contributed by atoms with Crippen molar-refractivity contribution in [3.8, 4) is 5.75 Å². The minimum Gasteiger partial charge on any atom is -0.497 e. The summed E-state index contributed by atoms with van der Waals surface area (Å²) in [6.07, 6.45) is 1.67. The third kappa shape index (κ3) is 6.20. The number of carbonyl (C=O) groups is 1. The van der Waals surface area contributed by atoms with Crippen LogP contribution >= 0.6 is 23.4 Å². The third-order valence-corrected chi connectivity index (χ3v) is 8.55. The van der Waals surface area contributed by atoms with Crippen molar-refractivity contribution in [3.63, 3.8) is 0 Å². The van der Waals surface area contributed by atoms with E-state index in [9.17, 15) is 28.2 Å². The minimum absolute atomic E-state index is 0.196. The van der Waals surface area contributed by atoms with Crippen LogP contribution in [0, 0.1) is 22.9 Å². The van der Waals surface area contributed by atoms with Crippen molar-refractivity contribution in [1.82, 2.24) is 9.88 Å². The summed E-state index contributed by atoms with van der Waals surface area (Å²) in [5, 5.41) is 22.1. The second-order valence-corrected chi connectivity index (χ2v) is 10.9. The number of thioether (sulfide) groups is 1. The molecule has 0 bridgehead atoms. The average Bonchev–Trinajstić information content (AvgIpc) is 2.89. The predicted octanol–water partition coefficient (Wildman–Crippen LogP) is 6.09. The van der Waals surface area contributed by atoms with Crippen molar-refractivity contribution in [3.05, 3.63) is 64.6 Å². The first-order valence-electron chi connectivity index (χ1n) is 12.2. The fourth-order valence-electron chi connectivity index (χ4n) is 4.91. The van der Waals surface area contributed by atoms with Crippen molar-refractivity contribution < 1.29 is 32.9 Å². The number of aromatic nitrogens is 1. The molecule has 1 fully saturated rings. The van der Waals surface area contributed by atoms with E-state index in [-0.39, 0.29) is 17.7 Å². The van der Waals surface area contributed by atoms with Crippen LogP contribution in [0.3, 0.4) is 0 Å². The number of carboxylic acids is 1. The van der Waals surface area contributed by atoms with E-state index in [1.165, 1.54) is 13.3 Å². The number of fused-ring (bicyclic) bond motifs is 1. The van der Waals surface area contributed by atoms with Gasteiger partial charge in [-0.25, -0.2) is 13.2 Å². The molecule has 1 aliphatic heterocycles. The van der Waals surface area contributed by atoms with E-state index in [4.69, 9.17) is 16.3 Å². The molecule has 0 saturated carbocycles. The standard InChI is InChI=1S/C27H28ClF3N2O4S/c1-37-17-2-3-22-18(14-17)24(19(28)15-32-22)23(34)4-5-27(26(35)36)6-8-33(9-7-27)10-11-38-25-20(30)12-16(29)13-21(25)31/h2-3,12-15,23,34H,4-11H2,1H3,(H,35,36)/t23-/m1/s1. The number of aliphatic hydroxyl groups is 1. The highest BCUT2D eigenvalue weighted by Crippen LogP contribution is 2.41. The van der Waals surface area contributed by atoms with Crippen molar-refractivity contribution in [1.29, 1.82) is 0 Å². The molecule has 3 aromatic rings. The van der Waals surface area contributed by atoms with E-state index >= 15 is 0 Å². The number of halogens is 4. The Balaban J connectivity index is 1.37. The monoisotopic (exact) mass is 568 g/mol. The average molecular weight is 569 g/mol. The number of carboxylic acid groups (broad SMARTS) is 1. The van der Waals surface area contributed by atoms with Gasteiger partial charge in [0, 0.05) is 41.6 Å². The van der Waals surface area contributed by atoms with E-state index < -0.39 is 34.9 Å². The van der Waals surface area contributed by atoms with E-state index in [1.807, 2.05) is 4.90 Å². The largest absolute Gasteiger partial charge is 0.497 e. The van der Waals surface area contributed by atoms with Gasteiger partial charge in [0.25, 0.3) is 0 Å². The molecule has 0 radical (unpaired) electrons. The highest BCUT2D eigenvalue weighted by Gasteiger charge is 2.41. The van der Waals surface area contributed by atoms with E-state index in [0.717, 1.165) is 11.8 Å². The first-order valence-corrected chi connectivity index (χ1v) is 13.5. The lowest BCUT2D eigenvalue weighted by molar-refractivity contribution is -0.153. The topological polar surface area (TPSA) is 82.9 Å². The summed E-state index contributed by atoms with van der Waals surface area (Å²) < 4.78 is 46.1. The van der Waals surface area contributed by atoms with Crippen LogP contribution in [0.25, 0.3) is 10.9 Å². The molecule has 1 aromatic heterocycles. The molecular weight excluding hydrogens is 541 g/mol. The van der Waals surface area contributed by atoms with E-state index in [0.29, 0.717) is 77.6 Å². The minimum atomic E-state index is -1.01. The molecule has 1 aliphatic rings. The molecule has 4 rings (SSSR count). The molecule has 0 spiro atoms. The molecule has 2 aromatic carbocycles. The second-order valence-electron chi connectivity index (χ2n) is 9.43. The predicted molar refractivity (Wildman–Crippen MR) is 140 cm³/mol. The van der Waals surface area contributed by atoms with Crippen molar-refractivity contribution in [2.24, 2.45) is 5.41 Å². The zero-order valence-electron chi connectivity index (χ0n) is 20.7. The molecule has 0 amide bonds. The zero-order valence-corrected chi connectivity index (χ0v) is 22.3. The van der Waals surface area contributed by atoms with Gasteiger partial charge in [-0.2, -0.15) is 0 Å². The molecule has 0 aliphatic carbocycles. The molecular formula is C27H28ClF3N2O4S. The van der Waals surface area contributed by atoms with Gasteiger partial charge in [-0.3, -0.25) is 9.78 Å². The van der Waals surface area contributed by atoms with Gasteiger partial charge in [-0.1, -0.05) is 11.6 Å². The second kappa shape index (κ2) is 12.1. The Morgan fingerprint density at radius 3 is 2.53 bits per heavy atom. The maximum atomic E-state index is 13.9. The van der Waals surface area contributed by atoms with Crippen LogP contribution < -0.4 is 4.74 Å². The first kappa shape index (κ1) is 28.5. The Morgan fingerprint density at radius 2 is 1.89 bits per heavy atom. The summed E-state index contributed by atoms with van der Waals surface area (Å²) in [6, 6.07) is 6.59. The van der Waals surface area contributed by atoms with Gasteiger partial charge in [0.15, 0.2) is 0 Å². The van der Waals surface area contributed by atoms with Gasteiger partial charge in [0.2, 0.25) is 0 Å². The lowest BCUT2D eigenvalue weighted by atomic mass is 9.74. The number of likely N-dealkylation sites (tertiary alicyclic amines) is 1. The molecule has 1 saturated heterocycles. The summed E-state index contributed by atoms with van der Waals surface area (Å²) in [4.78, 5) is 18.4. The molecule has 2 heterocycles. The quantitative estimate of drug-likeness (QED) is 0.287. The number of nitrogens with zero attached hydrogens (tertiary/aromatic N) is 2. The van der Waals surface area contributed by atoms with Crippen LogP contribution in [0.2, 0.25) is 5.02 Å². The third-order valence-electron chi connectivity index (χ3n) is 7.18. The van der Waals surface area contributed by atoms with Gasteiger partial charge in [-0.15, -0.1) is 11.8 Å². The maximum absolute atomic E-state index is 13.9. The van der Waals surface area contributed by atoms with Crippen LogP contribution in [0.4, 0.5) is 13.2 Å². The number of aliphatic carboxylic acids is 1. The molecule has 38 heavy (non-hydrogen) atoms. The van der Waals surface area contributed by atoms with Gasteiger partial charge in [0.1, 0.15) is 23.2 Å². The van der Waals surface area contributed by atoms with Crippen LogP contribution in [0.5, 0.6) is 5.75 Å². The molecule has 204 valence electrons. The Morgan fingerprint density at radius 1 is 1.21 bits per heavy atom. The van der Waals surface area contributed by atoms with E-state index in [2.05, 4.69) is 4.98 Å². The molecule has 6 nitrogen and oxygen atoms in total. The first-order chi connectivity index (χ1) is 18.1.